The van der Waals surface area contributed by atoms with E-state index in [4.69, 9.17) is 14.7 Å². The monoisotopic (exact) mass is 490 g/mol. The molecule has 1 saturated heterocycles. The maximum atomic E-state index is 11.5. The van der Waals surface area contributed by atoms with Crippen LogP contribution in [0.2, 0.25) is 0 Å². The van der Waals surface area contributed by atoms with E-state index >= 15 is 0 Å². The van der Waals surface area contributed by atoms with E-state index in [1.807, 2.05) is 6.08 Å². The lowest BCUT2D eigenvalue weighted by Crippen LogP contribution is -2.37. The van der Waals surface area contributed by atoms with Gasteiger partial charge in [-0.1, -0.05) is 32.6 Å². The molecule has 3 heterocycles. The number of morpholine rings is 1. The van der Waals surface area contributed by atoms with Gasteiger partial charge < -0.3 is 20.5 Å². The van der Waals surface area contributed by atoms with E-state index in [-0.39, 0.29) is 5.56 Å². The summed E-state index contributed by atoms with van der Waals surface area (Å²) in [6.07, 6.45) is 7.67. The predicted octanol–water partition coefficient (Wildman–Crippen LogP) is 4.54. The first-order chi connectivity index (χ1) is 17.4. The van der Waals surface area contributed by atoms with Gasteiger partial charge in [0, 0.05) is 42.3 Å². The van der Waals surface area contributed by atoms with Crippen LogP contribution in [0, 0.1) is 5.92 Å². The number of anilines is 2. The molecule has 1 aromatic carbocycles. The van der Waals surface area contributed by atoms with Crippen LogP contribution in [0.25, 0.3) is 21.8 Å². The van der Waals surface area contributed by atoms with E-state index in [0.29, 0.717) is 34.4 Å². The van der Waals surface area contributed by atoms with E-state index in [1.165, 1.54) is 0 Å². The molecule has 9 heteroatoms. The number of carbonyl (C=O) groups is 1. The smallest absolute Gasteiger partial charge is 0.335 e. The highest BCUT2D eigenvalue weighted by Gasteiger charge is 2.14. The minimum Gasteiger partial charge on any atom is -0.478 e. The molecule has 0 radical (unpaired) electrons. The number of fused-ring (bicyclic) bond motifs is 3. The molecule has 36 heavy (non-hydrogen) atoms. The third-order valence-corrected chi connectivity index (χ3v) is 6.02. The molecule has 0 atom stereocenters. The average Bonchev–Trinajstić information content (AvgIpc) is 2.86. The molecule has 0 spiro atoms. The van der Waals surface area contributed by atoms with Crippen LogP contribution in [0.15, 0.2) is 48.8 Å². The third kappa shape index (κ3) is 6.56. The van der Waals surface area contributed by atoms with Gasteiger partial charge in [0.25, 0.3) is 0 Å². The Kier molecular flexibility index (Phi) is 8.45. The summed E-state index contributed by atoms with van der Waals surface area (Å²) in [5.74, 6) is 0.588. The van der Waals surface area contributed by atoms with Crippen LogP contribution >= 0.6 is 0 Å². The molecule has 1 fully saturated rings. The number of hydrogen-bond acceptors (Lipinski definition) is 8. The van der Waals surface area contributed by atoms with Crippen molar-refractivity contribution in [2.75, 3.05) is 50.0 Å². The molecule has 0 unspecified atom stereocenters. The molecule has 190 valence electrons. The van der Waals surface area contributed by atoms with Crippen molar-refractivity contribution in [3.63, 3.8) is 0 Å². The summed E-state index contributed by atoms with van der Waals surface area (Å²) in [5.41, 5.74) is 2.06. The molecule has 2 aromatic heterocycles. The van der Waals surface area contributed by atoms with Gasteiger partial charge in [0.2, 0.25) is 5.95 Å². The number of nitrogens with one attached hydrogen (secondary N) is 2. The summed E-state index contributed by atoms with van der Waals surface area (Å²) in [5, 5.41) is 17.6. The molecule has 3 N–H and O–H groups in total. The van der Waals surface area contributed by atoms with Gasteiger partial charge in [-0.25, -0.2) is 19.7 Å². The lowest BCUT2D eigenvalue weighted by Gasteiger charge is -2.26. The Hall–Kier alpha value is -3.56. The van der Waals surface area contributed by atoms with Crippen LogP contribution in [-0.2, 0) is 4.74 Å². The summed E-state index contributed by atoms with van der Waals surface area (Å²) >= 11 is 0. The molecule has 1 aliphatic heterocycles. The molecule has 1 aliphatic rings. The first-order valence-corrected chi connectivity index (χ1v) is 12.4. The zero-order valence-electron chi connectivity index (χ0n) is 21.0. The van der Waals surface area contributed by atoms with Crippen LogP contribution in [0.3, 0.4) is 0 Å². The standard InChI is InChI=1S/C27H34N6O3/c1-18(2)6-4-7-19(3)30-25-24-22(21-9-8-20(26(34)35)16-23(21)31-25)17-29-27(32-24)28-10-5-11-33-12-14-36-15-13-33/h4,7-9,16-18H,3,5-6,10-15H2,1-2H3,(H,30,31)(H,34,35)(H,28,29,32)/b7-4-. The van der Waals surface area contributed by atoms with Gasteiger partial charge in [0.1, 0.15) is 5.52 Å². The summed E-state index contributed by atoms with van der Waals surface area (Å²) in [6.45, 7) is 13.7. The zero-order valence-corrected chi connectivity index (χ0v) is 21.0. The maximum Gasteiger partial charge on any atom is 0.335 e. The SMILES string of the molecule is C=C(/C=C\CC(C)C)Nc1nc2cc(C(=O)O)ccc2c2cnc(NCCCN3CCOCC3)nc12. The summed E-state index contributed by atoms with van der Waals surface area (Å²) in [6, 6.07) is 4.90. The van der Waals surface area contributed by atoms with Gasteiger partial charge in [0.05, 0.1) is 24.3 Å². The van der Waals surface area contributed by atoms with E-state index in [2.05, 4.69) is 47.0 Å². The number of nitrogens with zero attached hydrogens (tertiary/aromatic N) is 4. The second-order valence-electron chi connectivity index (χ2n) is 9.37. The van der Waals surface area contributed by atoms with Gasteiger partial charge >= 0.3 is 5.97 Å². The zero-order chi connectivity index (χ0) is 25.5. The van der Waals surface area contributed by atoms with Crippen LogP contribution in [0.1, 0.15) is 37.0 Å². The van der Waals surface area contributed by atoms with Crippen molar-refractivity contribution in [1.29, 1.82) is 0 Å². The highest BCUT2D eigenvalue weighted by molar-refractivity contribution is 6.09. The number of carboxylic acids is 1. The highest BCUT2D eigenvalue weighted by atomic mass is 16.5. The largest absolute Gasteiger partial charge is 0.478 e. The average molecular weight is 491 g/mol. The Morgan fingerprint density at radius 2 is 2.06 bits per heavy atom. The first kappa shape index (κ1) is 25.5. The first-order valence-electron chi connectivity index (χ1n) is 12.4. The van der Waals surface area contributed by atoms with Crippen LogP contribution in [0.5, 0.6) is 0 Å². The molecular weight excluding hydrogens is 456 g/mol. The number of hydrogen-bond donors (Lipinski definition) is 3. The van der Waals surface area contributed by atoms with Crippen molar-refractivity contribution in [1.82, 2.24) is 19.9 Å². The quantitative estimate of drug-likeness (QED) is 0.203. The Balaban J connectivity index is 1.59. The fourth-order valence-corrected chi connectivity index (χ4v) is 4.09. The molecule has 9 nitrogen and oxygen atoms in total. The van der Waals surface area contributed by atoms with Crippen molar-refractivity contribution in [3.8, 4) is 0 Å². The lowest BCUT2D eigenvalue weighted by molar-refractivity contribution is 0.0378. The number of aromatic carboxylic acids is 1. The maximum absolute atomic E-state index is 11.5. The molecule has 0 bridgehead atoms. The van der Waals surface area contributed by atoms with Crippen molar-refractivity contribution in [2.45, 2.75) is 26.7 Å². The highest BCUT2D eigenvalue weighted by Crippen LogP contribution is 2.30. The van der Waals surface area contributed by atoms with Gasteiger partial charge in [0.15, 0.2) is 5.82 Å². The van der Waals surface area contributed by atoms with Gasteiger partial charge in [-0.3, -0.25) is 4.90 Å². The molecule has 0 aliphatic carbocycles. The van der Waals surface area contributed by atoms with Gasteiger partial charge in [-0.05, 0) is 43.5 Å². The van der Waals surface area contributed by atoms with Crippen LogP contribution in [-0.4, -0.2) is 70.3 Å². The third-order valence-electron chi connectivity index (χ3n) is 6.02. The number of ether oxygens (including phenoxy) is 1. The predicted molar refractivity (Wildman–Crippen MR) is 144 cm³/mol. The second-order valence-corrected chi connectivity index (χ2v) is 9.37. The van der Waals surface area contributed by atoms with Crippen molar-refractivity contribution >= 4 is 39.5 Å². The molecule has 4 rings (SSSR count). The number of allylic oxidation sites excluding steroid dienone is 2. The molecule has 3 aromatic rings. The number of carboxylic acid groups (broad SMARTS) is 1. The topological polar surface area (TPSA) is 112 Å². The van der Waals surface area contributed by atoms with E-state index < -0.39 is 5.97 Å². The van der Waals surface area contributed by atoms with Crippen molar-refractivity contribution < 1.29 is 14.6 Å². The van der Waals surface area contributed by atoms with Gasteiger partial charge in [-0.2, -0.15) is 0 Å². The Bertz CT molecular complexity index is 1270. The number of rotatable bonds is 11. The Morgan fingerprint density at radius 1 is 1.25 bits per heavy atom. The lowest BCUT2D eigenvalue weighted by atomic mass is 10.1. The summed E-state index contributed by atoms with van der Waals surface area (Å²) < 4.78 is 5.41. The Labute approximate surface area is 211 Å². The van der Waals surface area contributed by atoms with E-state index in [0.717, 1.165) is 63.0 Å². The fourth-order valence-electron chi connectivity index (χ4n) is 4.09. The summed E-state index contributed by atoms with van der Waals surface area (Å²) in [7, 11) is 0. The van der Waals surface area contributed by atoms with Crippen molar-refractivity contribution in [3.05, 3.63) is 54.4 Å². The van der Waals surface area contributed by atoms with E-state index in [9.17, 15) is 9.90 Å². The van der Waals surface area contributed by atoms with E-state index in [1.54, 1.807) is 24.4 Å². The Morgan fingerprint density at radius 3 is 2.81 bits per heavy atom. The number of benzene rings is 1. The molecule has 0 amide bonds. The van der Waals surface area contributed by atoms with Crippen LogP contribution in [0.4, 0.5) is 11.8 Å². The number of aromatic nitrogens is 3. The van der Waals surface area contributed by atoms with Crippen LogP contribution < -0.4 is 10.6 Å². The van der Waals surface area contributed by atoms with Gasteiger partial charge in [-0.15, -0.1) is 0 Å². The van der Waals surface area contributed by atoms with Crippen molar-refractivity contribution in [2.24, 2.45) is 5.92 Å². The second kappa shape index (κ2) is 11.9. The number of pyridine rings is 1. The minimum absolute atomic E-state index is 0.176. The molecule has 0 saturated carbocycles. The minimum atomic E-state index is -0.998. The molecular formula is C27H34N6O3. The summed E-state index contributed by atoms with van der Waals surface area (Å²) in [4.78, 5) is 27.9. The fraction of sp³-hybridized carbons (Fsp3) is 0.407. The normalized spacial score (nSPS) is 14.6.